The first kappa shape index (κ1) is 10.7. The van der Waals surface area contributed by atoms with Crippen LogP contribution in [0.5, 0.6) is 0 Å². The fourth-order valence-corrected chi connectivity index (χ4v) is 2.21. The average molecular weight is 227 g/mol. The summed E-state index contributed by atoms with van der Waals surface area (Å²) in [6.07, 6.45) is 3.69. The van der Waals surface area contributed by atoms with Gasteiger partial charge in [0.2, 0.25) is 5.95 Å². The van der Waals surface area contributed by atoms with E-state index in [0.717, 1.165) is 31.9 Å². The molecule has 1 aliphatic heterocycles. The molecule has 5 heteroatoms. The molecule has 2 heterocycles. The van der Waals surface area contributed by atoms with Crippen molar-refractivity contribution < 1.29 is 4.39 Å². The van der Waals surface area contributed by atoms with Crippen molar-refractivity contribution in [3.8, 4) is 0 Å². The monoisotopic (exact) mass is 227 g/mol. The molecule has 1 aromatic rings. The molecule has 1 aliphatic rings. The van der Waals surface area contributed by atoms with E-state index in [9.17, 15) is 4.39 Å². The van der Waals surface area contributed by atoms with Crippen LogP contribution in [0.15, 0.2) is 18.3 Å². The van der Waals surface area contributed by atoms with Crippen LogP contribution in [0.1, 0.15) is 0 Å². The molecule has 3 nitrogen and oxygen atoms in total. The first-order valence-corrected chi connectivity index (χ1v) is 6.13. The molecule has 82 valence electrons. The van der Waals surface area contributed by atoms with E-state index in [1.165, 1.54) is 6.07 Å². The Morgan fingerprint density at radius 3 is 2.53 bits per heavy atom. The first-order valence-electron chi connectivity index (χ1n) is 4.95. The Hall–Kier alpha value is -0.810. The van der Waals surface area contributed by atoms with Crippen LogP contribution in [-0.4, -0.2) is 41.7 Å². The summed E-state index contributed by atoms with van der Waals surface area (Å²) in [5.41, 5.74) is 1.01. The molecule has 1 fully saturated rings. The minimum atomic E-state index is -0.415. The van der Waals surface area contributed by atoms with Crippen molar-refractivity contribution in [1.82, 2.24) is 9.29 Å². The van der Waals surface area contributed by atoms with Crippen LogP contribution in [0.3, 0.4) is 0 Å². The smallest absolute Gasteiger partial charge is 0.212 e. The van der Waals surface area contributed by atoms with Gasteiger partial charge in [-0.15, -0.1) is 0 Å². The number of pyridine rings is 1. The maximum Gasteiger partial charge on any atom is 0.212 e. The third-order valence-electron chi connectivity index (χ3n) is 2.57. The average Bonchev–Trinajstić information content (AvgIpc) is 2.30. The lowest BCUT2D eigenvalue weighted by molar-refractivity contribution is 0.430. The Labute approximate surface area is 93.4 Å². The van der Waals surface area contributed by atoms with Crippen molar-refractivity contribution in [2.75, 3.05) is 37.3 Å². The van der Waals surface area contributed by atoms with Crippen LogP contribution in [0, 0.1) is 5.95 Å². The third-order valence-corrected chi connectivity index (χ3v) is 3.46. The molecule has 0 bridgehead atoms. The van der Waals surface area contributed by atoms with Gasteiger partial charge >= 0.3 is 0 Å². The van der Waals surface area contributed by atoms with Crippen molar-refractivity contribution in [1.29, 1.82) is 0 Å². The fraction of sp³-hybridized carbons (Fsp3) is 0.500. The van der Waals surface area contributed by atoms with E-state index in [0.29, 0.717) is 0 Å². The Morgan fingerprint density at radius 2 is 2.00 bits per heavy atom. The Balaban J connectivity index is 1.98. The van der Waals surface area contributed by atoms with Crippen LogP contribution in [0.25, 0.3) is 0 Å². The normalized spacial score (nSPS) is 18.1. The maximum absolute atomic E-state index is 12.6. The largest absolute Gasteiger partial charge is 0.368 e. The van der Waals surface area contributed by atoms with Crippen LogP contribution in [0.2, 0.25) is 0 Å². The van der Waals surface area contributed by atoms with Crippen LogP contribution >= 0.6 is 11.9 Å². The summed E-state index contributed by atoms with van der Waals surface area (Å²) >= 11 is 1.78. The van der Waals surface area contributed by atoms with E-state index in [1.54, 1.807) is 24.2 Å². The Kier molecular flexibility index (Phi) is 3.43. The molecule has 0 unspecified atom stereocenters. The molecule has 0 atom stereocenters. The van der Waals surface area contributed by atoms with Gasteiger partial charge in [-0.05, 0) is 18.4 Å². The van der Waals surface area contributed by atoms with E-state index >= 15 is 0 Å². The quantitative estimate of drug-likeness (QED) is 0.564. The third kappa shape index (κ3) is 2.60. The molecule has 1 saturated heterocycles. The van der Waals surface area contributed by atoms with Gasteiger partial charge in [-0.1, -0.05) is 11.9 Å². The number of halogens is 1. The van der Waals surface area contributed by atoms with Crippen molar-refractivity contribution in [2.45, 2.75) is 0 Å². The minimum Gasteiger partial charge on any atom is -0.368 e. The van der Waals surface area contributed by atoms with Gasteiger partial charge in [-0.25, -0.2) is 9.29 Å². The number of anilines is 1. The summed E-state index contributed by atoms with van der Waals surface area (Å²) in [6, 6.07) is 3.20. The van der Waals surface area contributed by atoms with Gasteiger partial charge in [0.25, 0.3) is 0 Å². The van der Waals surface area contributed by atoms with Crippen LogP contribution < -0.4 is 4.90 Å². The lowest BCUT2D eigenvalue weighted by atomic mass is 10.3. The predicted octanol–water partition coefficient (Wildman–Crippen LogP) is 1.62. The second-order valence-electron chi connectivity index (χ2n) is 3.44. The lowest BCUT2D eigenvalue weighted by Crippen LogP contribution is -2.43. The number of nitrogens with zero attached hydrogens (tertiary/aromatic N) is 3. The summed E-state index contributed by atoms with van der Waals surface area (Å²) < 4.78 is 15.0. The SMILES string of the molecule is CSN1CCN(c2ccc(F)nc2)CC1. The van der Waals surface area contributed by atoms with Gasteiger partial charge in [-0.2, -0.15) is 4.39 Å². The zero-order valence-corrected chi connectivity index (χ0v) is 9.50. The number of rotatable bonds is 2. The molecule has 0 N–H and O–H groups in total. The molecular formula is C10H14FN3S. The van der Waals surface area contributed by atoms with Crippen molar-refractivity contribution >= 4 is 17.6 Å². The number of aromatic nitrogens is 1. The van der Waals surface area contributed by atoms with E-state index in [4.69, 9.17) is 0 Å². The second kappa shape index (κ2) is 4.81. The molecule has 15 heavy (non-hydrogen) atoms. The zero-order valence-electron chi connectivity index (χ0n) is 8.69. The van der Waals surface area contributed by atoms with Crippen LogP contribution in [-0.2, 0) is 0 Å². The molecule has 2 rings (SSSR count). The van der Waals surface area contributed by atoms with Gasteiger partial charge in [0.15, 0.2) is 0 Å². The van der Waals surface area contributed by atoms with E-state index in [1.807, 2.05) is 0 Å². The molecular weight excluding hydrogens is 213 g/mol. The molecule has 0 radical (unpaired) electrons. The second-order valence-corrected chi connectivity index (χ2v) is 4.32. The maximum atomic E-state index is 12.6. The molecule has 0 aromatic carbocycles. The standard InChI is InChI=1S/C10H14FN3S/c1-15-14-6-4-13(5-7-14)9-2-3-10(11)12-8-9/h2-3,8H,4-7H2,1H3. The van der Waals surface area contributed by atoms with Gasteiger partial charge in [0.05, 0.1) is 11.9 Å². The summed E-state index contributed by atoms with van der Waals surface area (Å²) in [5.74, 6) is -0.415. The molecule has 0 amide bonds. The van der Waals surface area contributed by atoms with Gasteiger partial charge < -0.3 is 4.90 Å². The van der Waals surface area contributed by atoms with Gasteiger partial charge in [-0.3, -0.25) is 0 Å². The molecule has 0 aliphatic carbocycles. The van der Waals surface area contributed by atoms with E-state index < -0.39 is 5.95 Å². The summed E-state index contributed by atoms with van der Waals surface area (Å²) in [5, 5.41) is 0. The Bertz CT molecular complexity index is 309. The highest BCUT2D eigenvalue weighted by atomic mass is 32.2. The van der Waals surface area contributed by atoms with Crippen LogP contribution in [0.4, 0.5) is 10.1 Å². The zero-order chi connectivity index (χ0) is 10.7. The van der Waals surface area contributed by atoms with Gasteiger partial charge in [0.1, 0.15) is 0 Å². The van der Waals surface area contributed by atoms with Gasteiger partial charge in [0, 0.05) is 26.2 Å². The highest BCUT2D eigenvalue weighted by molar-refractivity contribution is 7.96. The first-order chi connectivity index (χ1) is 7.29. The highest BCUT2D eigenvalue weighted by Crippen LogP contribution is 2.17. The molecule has 0 saturated carbocycles. The van der Waals surface area contributed by atoms with Crippen molar-refractivity contribution in [3.63, 3.8) is 0 Å². The number of piperazine rings is 1. The fourth-order valence-electron chi connectivity index (χ4n) is 1.68. The van der Waals surface area contributed by atoms with Crippen molar-refractivity contribution in [3.05, 3.63) is 24.3 Å². The number of hydrogen-bond donors (Lipinski definition) is 0. The predicted molar refractivity (Wildman–Crippen MR) is 61.5 cm³/mol. The summed E-state index contributed by atoms with van der Waals surface area (Å²) in [6.45, 7) is 4.04. The topological polar surface area (TPSA) is 19.4 Å². The highest BCUT2D eigenvalue weighted by Gasteiger charge is 2.16. The summed E-state index contributed by atoms with van der Waals surface area (Å²) in [7, 11) is 0. The molecule has 1 aromatic heterocycles. The number of hydrogen-bond acceptors (Lipinski definition) is 4. The summed E-state index contributed by atoms with van der Waals surface area (Å²) in [4.78, 5) is 5.90. The van der Waals surface area contributed by atoms with Crippen molar-refractivity contribution in [2.24, 2.45) is 0 Å². The lowest BCUT2D eigenvalue weighted by Gasteiger charge is -2.34. The van der Waals surface area contributed by atoms with E-state index in [-0.39, 0.29) is 0 Å². The molecule has 0 spiro atoms. The minimum absolute atomic E-state index is 0.415. The van der Waals surface area contributed by atoms with E-state index in [2.05, 4.69) is 20.4 Å². The Morgan fingerprint density at radius 1 is 1.27 bits per heavy atom.